The van der Waals surface area contributed by atoms with E-state index in [2.05, 4.69) is 25.1 Å². The zero-order valence-corrected chi connectivity index (χ0v) is 10.8. The molecule has 1 fully saturated rings. The summed E-state index contributed by atoms with van der Waals surface area (Å²) < 4.78 is 5.77. The molecule has 0 N–H and O–H groups in total. The van der Waals surface area contributed by atoms with Crippen molar-refractivity contribution in [3.8, 4) is 5.75 Å². The third kappa shape index (κ3) is 4.26. The van der Waals surface area contributed by atoms with E-state index in [0.717, 1.165) is 18.3 Å². The second-order valence-corrected chi connectivity index (χ2v) is 4.28. The second kappa shape index (κ2) is 7.32. The third-order valence-electron chi connectivity index (χ3n) is 2.95. The fourth-order valence-corrected chi connectivity index (χ4v) is 2.10. The number of hydrogen-bond acceptors (Lipinski definition) is 1. The topological polar surface area (TPSA) is 9.23 Å². The first kappa shape index (κ1) is 13.1. The Morgan fingerprint density at radius 1 is 1.19 bits per heavy atom. The van der Waals surface area contributed by atoms with E-state index in [4.69, 9.17) is 4.74 Å². The average Bonchev–Trinajstić information content (AvgIpc) is 2.82. The molecule has 1 saturated carbocycles. The monoisotopic (exact) mass is 220 g/mol. The highest BCUT2D eigenvalue weighted by atomic mass is 16.5. The van der Waals surface area contributed by atoms with Crippen LogP contribution in [0.2, 0.25) is 0 Å². The highest BCUT2D eigenvalue weighted by Gasteiger charge is 2.15. The molecule has 0 unspecified atom stereocenters. The molecule has 16 heavy (non-hydrogen) atoms. The van der Waals surface area contributed by atoms with E-state index in [-0.39, 0.29) is 0 Å². The lowest BCUT2D eigenvalue weighted by atomic mass is 10.1. The second-order valence-electron chi connectivity index (χ2n) is 4.28. The van der Waals surface area contributed by atoms with Gasteiger partial charge in [-0.15, -0.1) is 0 Å². The van der Waals surface area contributed by atoms with E-state index in [1.54, 1.807) is 0 Å². The van der Waals surface area contributed by atoms with E-state index >= 15 is 0 Å². The molecule has 0 aliphatic heterocycles. The summed E-state index contributed by atoms with van der Waals surface area (Å²) in [5.41, 5.74) is 1.27. The predicted octanol–water partition coefficient (Wildman–Crippen LogP) is 4.59. The highest BCUT2D eigenvalue weighted by Crippen LogP contribution is 2.25. The van der Waals surface area contributed by atoms with Gasteiger partial charge in [-0.1, -0.05) is 38.8 Å². The van der Waals surface area contributed by atoms with Gasteiger partial charge in [0, 0.05) is 0 Å². The van der Waals surface area contributed by atoms with Gasteiger partial charge >= 0.3 is 0 Å². The lowest BCUT2D eigenvalue weighted by Gasteiger charge is -2.11. The van der Waals surface area contributed by atoms with Gasteiger partial charge in [0.15, 0.2) is 0 Å². The van der Waals surface area contributed by atoms with Gasteiger partial charge in [0.25, 0.3) is 0 Å². The minimum Gasteiger partial charge on any atom is -0.493 e. The van der Waals surface area contributed by atoms with Gasteiger partial charge in [0.2, 0.25) is 0 Å². The number of aryl methyl sites for hydroxylation is 1. The Balaban J connectivity index is 0.000000606. The summed E-state index contributed by atoms with van der Waals surface area (Å²) in [5, 5.41) is 0. The number of rotatable bonds is 3. The lowest BCUT2D eigenvalue weighted by Crippen LogP contribution is -2.07. The fraction of sp³-hybridized carbons (Fsp3) is 0.600. The molecule has 1 aliphatic carbocycles. The Morgan fingerprint density at radius 2 is 1.88 bits per heavy atom. The van der Waals surface area contributed by atoms with E-state index in [1.807, 2.05) is 19.9 Å². The molecule has 1 nitrogen and oxygen atoms in total. The van der Waals surface area contributed by atoms with Crippen LogP contribution in [0.4, 0.5) is 0 Å². The van der Waals surface area contributed by atoms with E-state index in [0.29, 0.717) is 0 Å². The van der Waals surface area contributed by atoms with Gasteiger partial charge in [-0.3, -0.25) is 0 Å². The van der Waals surface area contributed by atoms with Gasteiger partial charge in [-0.2, -0.15) is 0 Å². The molecule has 0 radical (unpaired) electrons. The van der Waals surface area contributed by atoms with Crippen LogP contribution < -0.4 is 4.74 Å². The summed E-state index contributed by atoms with van der Waals surface area (Å²) in [6.45, 7) is 7.01. The molecule has 1 heteroatoms. The van der Waals surface area contributed by atoms with Crippen molar-refractivity contribution in [1.82, 2.24) is 0 Å². The normalized spacial score (nSPS) is 15.4. The van der Waals surface area contributed by atoms with Crippen LogP contribution in [0.1, 0.15) is 45.1 Å². The summed E-state index contributed by atoms with van der Waals surface area (Å²) in [6.07, 6.45) is 5.49. The summed E-state index contributed by atoms with van der Waals surface area (Å²) in [7, 11) is 0. The van der Waals surface area contributed by atoms with Crippen molar-refractivity contribution < 1.29 is 4.74 Å². The van der Waals surface area contributed by atoms with Crippen LogP contribution in [0.5, 0.6) is 5.75 Å². The van der Waals surface area contributed by atoms with Crippen LogP contribution >= 0.6 is 0 Å². The molecule has 0 aromatic heterocycles. The standard InChI is InChI=1S/C13H18O.C2H6/c1-11-5-4-8-13(9-11)14-10-12-6-2-3-7-12;1-2/h4-5,8-9,12H,2-3,6-7,10H2,1H3;1-2H3. The highest BCUT2D eigenvalue weighted by molar-refractivity contribution is 5.27. The molecular weight excluding hydrogens is 196 g/mol. The molecule has 0 saturated heterocycles. The molecule has 1 aromatic carbocycles. The lowest BCUT2D eigenvalue weighted by molar-refractivity contribution is 0.252. The maximum absolute atomic E-state index is 5.77. The van der Waals surface area contributed by atoms with Crippen LogP contribution in [0, 0.1) is 12.8 Å². The van der Waals surface area contributed by atoms with Crippen molar-refractivity contribution in [2.75, 3.05) is 6.61 Å². The van der Waals surface area contributed by atoms with Crippen molar-refractivity contribution in [1.29, 1.82) is 0 Å². The predicted molar refractivity (Wildman–Crippen MR) is 70.0 cm³/mol. The molecule has 1 aliphatic rings. The van der Waals surface area contributed by atoms with Crippen LogP contribution in [0.25, 0.3) is 0 Å². The Hall–Kier alpha value is -0.980. The summed E-state index contributed by atoms with van der Waals surface area (Å²) in [4.78, 5) is 0. The average molecular weight is 220 g/mol. The van der Waals surface area contributed by atoms with Crippen LogP contribution in [0.15, 0.2) is 24.3 Å². The molecule has 0 spiro atoms. The molecule has 90 valence electrons. The number of benzene rings is 1. The Bertz CT molecular complexity index is 287. The van der Waals surface area contributed by atoms with Crippen molar-refractivity contribution in [2.24, 2.45) is 5.92 Å². The largest absolute Gasteiger partial charge is 0.493 e. The zero-order chi connectivity index (χ0) is 11.8. The summed E-state index contributed by atoms with van der Waals surface area (Å²) in [6, 6.07) is 8.30. The van der Waals surface area contributed by atoms with Crippen LogP contribution in [-0.2, 0) is 0 Å². The fourth-order valence-electron chi connectivity index (χ4n) is 2.10. The van der Waals surface area contributed by atoms with Gasteiger partial charge in [-0.25, -0.2) is 0 Å². The van der Waals surface area contributed by atoms with Gasteiger partial charge in [-0.05, 0) is 43.4 Å². The molecule has 0 atom stereocenters. The first-order valence-corrected chi connectivity index (χ1v) is 6.54. The van der Waals surface area contributed by atoms with Crippen molar-refractivity contribution >= 4 is 0 Å². The first-order valence-electron chi connectivity index (χ1n) is 6.54. The van der Waals surface area contributed by atoms with Crippen molar-refractivity contribution in [3.05, 3.63) is 29.8 Å². The van der Waals surface area contributed by atoms with Gasteiger partial charge in [0.1, 0.15) is 5.75 Å². The van der Waals surface area contributed by atoms with Crippen LogP contribution in [-0.4, -0.2) is 6.61 Å². The zero-order valence-electron chi connectivity index (χ0n) is 10.8. The van der Waals surface area contributed by atoms with Gasteiger partial charge < -0.3 is 4.74 Å². The third-order valence-corrected chi connectivity index (χ3v) is 2.95. The van der Waals surface area contributed by atoms with Crippen LogP contribution in [0.3, 0.4) is 0 Å². The smallest absolute Gasteiger partial charge is 0.119 e. The minimum atomic E-state index is 0.801. The van der Waals surface area contributed by atoms with E-state index in [1.165, 1.54) is 31.2 Å². The summed E-state index contributed by atoms with van der Waals surface area (Å²) in [5.74, 6) is 1.83. The van der Waals surface area contributed by atoms with E-state index in [9.17, 15) is 0 Å². The maximum atomic E-state index is 5.77. The summed E-state index contributed by atoms with van der Waals surface area (Å²) >= 11 is 0. The Kier molecular flexibility index (Phi) is 5.99. The minimum absolute atomic E-state index is 0.801. The molecule has 0 amide bonds. The quantitative estimate of drug-likeness (QED) is 0.724. The molecular formula is C15H24O. The van der Waals surface area contributed by atoms with E-state index < -0.39 is 0 Å². The molecule has 0 bridgehead atoms. The Morgan fingerprint density at radius 3 is 2.50 bits per heavy atom. The first-order chi connectivity index (χ1) is 7.84. The Labute approximate surface area is 99.8 Å². The van der Waals surface area contributed by atoms with Gasteiger partial charge in [0.05, 0.1) is 6.61 Å². The number of hydrogen-bond donors (Lipinski definition) is 0. The SMILES string of the molecule is CC.Cc1cccc(OCC2CCCC2)c1. The van der Waals surface area contributed by atoms with Crippen molar-refractivity contribution in [2.45, 2.75) is 46.5 Å². The molecule has 1 aromatic rings. The maximum Gasteiger partial charge on any atom is 0.119 e. The van der Waals surface area contributed by atoms with Crippen molar-refractivity contribution in [3.63, 3.8) is 0 Å². The molecule has 2 rings (SSSR count). The number of ether oxygens (including phenoxy) is 1. The molecule has 0 heterocycles.